The lowest BCUT2D eigenvalue weighted by Crippen LogP contribution is -2.00. The number of unbranched alkanes of at least 4 members (excludes halogenated alkanes) is 1. The van der Waals surface area contributed by atoms with Crippen LogP contribution in [-0.4, -0.2) is 23.7 Å². The second-order valence-corrected chi connectivity index (χ2v) is 2.81. The van der Waals surface area contributed by atoms with Gasteiger partial charge in [0.05, 0.1) is 6.61 Å². The number of esters is 1. The van der Waals surface area contributed by atoms with Gasteiger partial charge in [-0.3, -0.25) is 0 Å². The number of aliphatic carboxylic acids is 1. The third kappa shape index (κ3) is 18.2. The fourth-order valence-electron chi connectivity index (χ4n) is 0.376. The van der Waals surface area contributed by atoms with Crippen molar-refractivity contribution in [3.8, 4) is 0 Å². The Morgan fingerprint density at radius 1 is 1.44 bits per heavy atom. The molecule has 0 amide bonds. The summed E-state index contributed by atoms with van der Waals surface area (Å²) in [5, 5.41) is 7.89. The number of hydrogen-bond donors (Lipinski definition) is 2. The van der Waals surface area contributed by atoms with Crippen LogP contribution in [-0.2, 0) is 14.3 Å². The van der Waals surface area contributed by atoms with Gasteiger partial charge in [-0.2, -0.15) is 0 Å². The number of carbonyl (C=O) groups is 2. The molecule has 0 unspecified atom stereocenters. The van der Waals surface area contributed by atoms with Crippen LogP contribution in [0.3, 0.4) is 0 Å². The number of carbonyl (C=O) groups excluding carboxylic acids is 1. The zero-order valence-corrected chi connectivity index (χ0v) is 9.99. The zero-order chi connectivity index (χ0) is 12.3. The summed E-state index contributed by atoms with van der Waals surface area (Å²) in [5.41, 5.74) is 0.176. The van der Waals surface area contributed by atoms with Crippen LogP contribution in [0.5, 0.6) is 0 Å². The molecule has 0 atom stereocenters. The minimum atomic E-state index is -0.935. The molecule has 0 aliphatic rings. The standard InChI is InChI=1S/C7H12O2.C4H6O2.H3N/c1-3-5-6-9-7(8)4-2;1-3(2)4(5)6;/h4H,2-3,5-6H2,1H3;1H2,2H3,(H,5,6);1H3. The molecule has 0 aromatic heterocycles. The van der Waals surface area contributed by atoms with Crippen LogP contribution in [0.2, 0.25) is 0 Å². The molecular weight excluding hydrogens is 210 g/mol. The molecule has 0 rings (SSSR count). The summed E-state index contributed by atoms with van der Waals surface area (Å²) < 4.78 is 4.67. The quantitative estimate of drug-likeness (QED) is 0.430. The molecular formula is C11H21NO4. The number of carboxylic acids is 1. The minimum absolute atomic E-state index is 0. The van der Waals surface area contributed by atoms with Gasteiger partial charge < -0.3 is 16.0 Å². The summed E-state index contributed by atoms with van der Waals surface area (Å²) >= 11 is 0. The summed E-state index contributed by atoms with van der Waals surface area (Å²) in [6, 6.07) is 0. The highest BCUT2D eigenvalue weighted by Crippen LogP contribution is 1.88. The van der Waals surface area contributed by atoms with Crippen molar-refractivity contribution < 1.29 is 19.4 Å². The second kappa shape index (κ2) is 13.4. The molecule has 0 heterocycles. The average Bonchev–Trinajstić information content (AvgIpc) is 2.18. The van der Waals surface area contributed by atoms with Gasteiger partial charge in [0.25, 0.3) is 0 Å². The van der Waals surface area contributed by atoms with Crippen molar-refractivity contribution in [3.05, 3.63) is 24.8 Å². The van der Waals surface area contributed by atoms with Crippen LogP contribution in [0, 0.1) is 0 Å². The third-order valence-electron chi connectivity index (χ3n) is 1.27. The molecule has 0 aromatic carbocycles. The first-order valence-corrected chi connectivity index (χ1v) is 4.63. The first-order valence-electron chi connectivity index (χ1n) is 4.63. The van der Waals surface area contributed by atoms with Crippen LogP contribution >= 0.6 is 0 Å². The van der Waals surface area contributed by atoms with E-state index in [1.54, 1.807) is 0 Å². The van der Waals surface area contributed by atoms with E-state index < -0.39 is 5.97 Å². The van der Waals surface area contributed by atoms with Crippen molar-refractivity contribution in [1.29, 1.82) is 0 Å². The highest BCUT2D eigenvalue weighted by atomic mass is 16.5. The maximum absolute atomic E-state index is 10.3. The Bertz CT molecular complexity index is 224. The molecule has 0 fully saturated rings. The van der Waals surface area contributed by atoms with E-state index in [4.69, 9.17) is 5.11 Å². The topological polar surface area (TPSA) is 98.6 Å². The summed E-state index contributed by atoms with van der Waals surface area (Å²) in [5.74, 6) is -1.27. The molecule has 0 spiro atoms. The monoisotopic (exact) mass is 231 g/mol. The van der Waals surface area contributed by atoms with E-state index in [0.29, 0.717) is 6.61 Å². The van der Waals surface area contributed by atoms with E-state index in [1.807, 2.05) is 6.92 Å². The van der Waals surface area contributed by atoms with Crippen LogP contribution in [0.1, 0.15) is 26.7 Å². The van der Waals surface area contributed by atoms with Crippen molar-refractivity contribution in [2.45, 2.75) is 26.7 Å². The maximum atomic E-state index is 10.3. The van der Waals surface area contributed by atoms with Crippen LogP contribution < -0.4 is 6.15 Å². The number of rotatable bonds is 5. The first kappa shape index (κ1) is 19.9. The fraction of sp³-hybridized carbons (Fsp3) is 0.455. The summed E-state index contributed by atoms with van der Waals surface area (Å²) in [4.78, 5) is 19.9. The van der Waals surface area contributed by atoms with Crippen molar-refractivity contribution in [1.82, 2.24) is 6.15 Å². The smallest absolute Gasteiger partial charge is 0.330 e. The Kier molecular flexibility index (Phi) is 16.6. The fourth-order valence-corrected chi connectivity index (χ4v) is 0.376. The number of carboxylic acid groups (broad SMARTS) is 1. The van der Waals surface area contributed by atoms with Crippen molar-refractivity contribution in [3.63, 3.8) is 0 Å². The van der Waals surface area contributed by atoms with Gasteiger partial charge in [-0.15, -0.1) is 0 Å². The summed E-state index contributed by atoms with van der Waals surface area (Å²) in [6.07, 6.45) is 3.15. The zero-order valence-electron chi connectivity index (χ0n) is 9.99. The lowest BCUT2D eigenvalue weighted by Gasteiger charge is -1.97. The first-order chi connectivity index (χ1) is 6.95. The van der Waals surface area contributed by atoms with E-state index in [0.717, 1.165) is 12.8 Å². The van der Waals surface area contributed by atoms with Crippen LogP contribution in [0.4, 0.5) is 0 Å². The molecule has 4 N–H and O–H groups in total. The molecule has 94 valence electrons. The van der Waals surface area contributed by atoms with Crippen molar-refractivity contribution in [2.24, 2.45) is 0 Å². The van der Waals surface area contributed by atoms with E-state index in [-0.39, 0.29) is 17.7 Å². The van der Waals surface area contributed by atoms with Gasteiger partial charge in [0.2, 0.25) is 0 Å². The molecule has 0 radical (unpaired) electrons. The van der Waals surface area contributed by atoms with E-state index in [9.17, 15) is 9.59 Å². The van der Waals surface area contributed by atoms with Crippen LogP contribution in [0.25, 0.3) is 0 Å². The Morgan fingerprint density at radius 3 is 2.12 bits per heavy atom. The predicted molar refractivity (Wildman–Crippen MR) is 63.5 cm³/mol. The Balaban J connectivity index is -0.000000214. The Hall–Kier alpha value is -1.62. The molecule has 0 aromatic rings. The average molecular weight is 231 g/mol. The van der Waals surface area contributed by atoms with Crippen LogP contribution in [0.15, 0.2) is 24.8 Å². The highest BCUT2D eigenvalue weighted by Gasteiger charge is 1.91. The molecule has 0 aliphatic heterocycles. The Morgan fingerprint density at radius 2 is 1.88 bits per heavy atom. The van der Waals surface area contributed by atoms with Crippen molar-refractivity contribution >= 4 is 11.9 Å². The van der Waals surface area contributed by atoms with Crippen molar-refractivity contribution in [2.75, 3.05) is 6.61 Å². The summed E-state index contributed by atoms with van der Waals surface area (Å²) in [6.45, 7) is 10.4. The molecule has 16 heavy (non-hydrogen) atoms. The molecule has 5 heteroatoms. The third-order valence-corrected chi connectivity index (χ3v) is 1.27. The molecule has 0 aliphatic carbocycles. The normalized spacial score (nSPS) is 7.62. The van der Waals surface area contributed by atoms with Gasteiger partial charge in [-0.1, -0.05) is 26.5 Å². The Labute approximate surface area is 96.4 Å². The van der Waals surface area contributed by atoms with Gasteiger partial charge in [-0.25, -0.2) is 9.59 Å². The van der Waals surface area contributed by atoms with E-state index >= 15 is 0 Å². The molecule has 0 saturated heterocycles. The van der Waals surface area contributed by atoms with E-state index in [1.165, 1.54) is 13.0 Å². The number of ether oxygens (including phenoxy) is 1. The van der Waals surface area contributed by atoms with Gasteiger partial charge in [0.15, 0.2) is 0 Å². The predicted octanol–water partition coefficient (Wildman–Crippen LogP) is 2.32. The summed E-state index contributed by atoms with van der Waals surface area (Å²) in [7, 11) is 0. The maximum Gasteiger partial charge on any atom is 0.330 e. The second-order valence-electron chi connectivity index (χ2n) is 2.81. The van der Waals surface area contributed by atoms with E-state index in [2.05, 4.69) is 17.9 Å². The molecule has 0 bridgehead atoms. The number of hydrogen-bond acceptors (Lipinski definition) is 4. The lowest BCUT2D eigenvalue weighted by molar-refractivity contribution is -0.138. The van der Waals surface area contributed by atoms with Gasteiger partial charge >= 0.3 is 11.9 Å². The molecule has 0 saturated carbocycles. The van der Waals surface area contributed by atoms with Gasteiger partial charge in [0, 0.05) is 11.6 Å². The largest absolute Gasteiger partial charge is 0.478 e. The minimum Gasteiger partial charge on any atom is -0.478 e. The molecule has 5 nitrogen and oxygen atoms in total. The van der Waals surface area contributed by atoms with Gasteiger partial charge in [-0.05, 0) is 13.3 Å². The lowest BCUT2D eigenvalue weighted by atomic mass is 10.4. The van der Waals surface area contributed by atoms with Gasteiger partial charge in [0.1, 0.15) is 0 Å². The SMILES string of the molecule is C=C(C)C(=O)O.C=CC(=O)OCCCC.N. The highest BCUT2D eigenvalue weighted by molar-refractivity contribution is 5.84.